The SMILES string of the molecule is CCCCOc1ccc(C2=NN3[C@@H](c4ccccc4)Oc4ccccc4[C@@H]3C2)cc1. The van der Waals surface area contributed by atoms with Gasteiger partial charge >= 0.3 is 0 Å². The molecule has 152 valence electrons. The Kier molecular flexibility index (Phi) is 5.14. The molecule has 0 radical (unpaired) electrons. The van der Waals surface area contributed by atoms with E-state index in [-0.39, 0.29) is 12.3 Å². The first-order valence-corrected chi connectivity index (χ1v) is 10.7. The average molecular weight is 399 g/mol. The lowest BCUT2D eigenvalue weighted by molar-refractivity contribution is -0.0190. The molecule has 3 aromatic rings. The van der Waals surface area contributed by atoms with Gasteiger partial charge in [-0.2, -0.15) is 5.10 Å². The third-order valence-electron chi connectivity index (χ3n) is 5.74. The molecule has 2 atom stereocenters. The number of hydrazone groups is 1. The Morgan fingerprint density at radius 1 is 0.967 bits per heavy atom. The lowest BCUT2D eigenvalue weighted by Gasteiger charge is -2.38. The molecule has 0 saturated heterocycles. The van der Waals surface area contributed by atoms with Crippen LogP contribution >= 0.6 is 0 Å². The van der Waals surface area contributed by atoms with E-state index in [2.05, 4.69) is 54.4 Å². The molecule has 0 fully saturated rings. The number of hydrogen-bond acceptors (Lipinski definition) is 4. The molecule has 0 N–H and O–H groups in total. The van der Waals surface area contributed by atoms with Crippen molar-refractivity contribution in [3.8, 4) is 11.5 Å². The molecule has 2 aliphatic rings. The van der Waals surface area contributed by atoms with E-state index in [1.807, 2.05) is 36.4 Å². The van der Waals surface area contributed by atoms with E-state index in [1.165, 1.54) is 5.56 Å². The molecule has 0 spiro atoms. The van der Waals surface area contributed by atoms with Crippen molar-refractivity contribution in [2.24, 2.45) is 5.10 Å². The molecule has 0 bridgehead atoms. The lowest BCUT2D eigenvalue weighted by atomic mass is 9.96. The Morgan fingerprint density at radius 3 is 2.53 bits per heavy atom. The Morgan fingerprint density at radius 2 is 1.73 bits per heavy atom. The number of ether oxygens (including phenoxy) is 2. The predicted octanol–water partition coefficient (Wildman–Crippen LogP) is 6.11. The summed E-state index contributed by atoms with van der Waals surface area (Å²) in [4.78, 5) is 0. The number of nitrogens with zero attached hydrogens (tertiary/aromatic N) is 2. The monoisotopic (exact) mass is 398 g/mol. The molecule has 0 saturated carbocycles. The van der Waals surface area contributed by atoms with Gasteiger partial charge in [0.1, 0.15) is 11.5 Å². The van der Waals surface area contributed by atoms with E-state index in [4.69, 9.17) is 14.6 Å². The first-order chi connectivity index (χ1) is 14.8. The Balaban J connectivity index is 1.44. The number of unbranched alkanes of at least 4 members (excludes halogenated alkanes) is 1. The van der Waals surface area contributed by atoms with E-state index in [0.717, 1.165) is 54.2 Å². The molecule has 4 heteroatoms. The van der Waals surface area contributed by atoms with Gasteiger partial charge in [0.05, 0.1) is 18.4 Å². The number of benzene rings is 3. The fraction of sp³-hybridized carbons (Fsp3) is 0.269. The highest BCUT2D eigenvalue weighted by Crippen LogP contribution is 2.47. The zero-order valence-corrected chi connectivity index (χ0v) is 17.2. The van der Waals surface area contributed by atoms with Crippen LogP contribution in [0.3, 0.4) is 0 Å². The minimum absolute atomic E-state index is 0.177. The fourth-order valence-corrected chi connectivity index (χ4v) is 4.12. The van der Waals surface area contributed by atoms with Crippen molar-refractivity contribution in [3.63, 3.8) is 0 Å². The summed E-state index contributed by atoms with van der Waals surface area (Å²) < 4.78 is 12.2. The summed E-state index contributed by atoms with van der Waals surface area (Å²) in [6, 6.07) is 27.1. The van der Waals surface area contributed by atoms with Crippen molar-refractivity contribution in [3.05, 3.63) is 95.6 Å². The van der Waals surface area contributed by atoms with Crippen molar-refractivity contribution in [2.45, 2.75) is 38.5 Å². The van der Waals surface area contributed by atoms with E-state index in [1.54, 1.807) is 0 Å². The third-order valence-corrected chi connectivity index (χ3v) is 5.74. The molecule has 0 unspecified atom stereocenters. The van der Waals surface area contributed by atoms with E-state index in [9.17, 15) is 0 Å². The number of hydrogen-bond donors (Lipinski definition) is 0. The van der Waals surface area contributed by atoms with Crippen molar-refractivity contribution >= 4 is 5.71 Å². The molecule has 0 amide bonds. The zero-order valence-electron chi connectivity index (χ0n) is 17.2. The van der Waals surface area contributed by atoms with Gasteiger partial charge in [0.15, 0.2) is 0 Å². The molecule has 3 aromatic carbocycles. The van der Waals surface area contributed by atoms with Crippen molar-refractivity contribution in [2.75, 3.05) is 6.61 Å². The van der Waals surface area contributed by atoms with Crippen LogP contribution in [0.4, 0.5) is 0 Å². The van der Waals surface area contributed by atoms with E-state index < -0.39 is 0 Å². The average Bonchev–Trinajstić information content (AvgIpc) is 3.25. The maximum absolute atomic E-state index is 6.39. The second-order valence-corrected chi connectivity index (χ2v) is 7.79. The molecule has 30 heavy (non-hydrogen) atoms. The molecule has 0 aliphatic carbocycles. The van der Waals surface area contributed by atoms with Gasteiger partial charge in [-0.3, -0.25) is 0 Å². The largest absolute Gasteiger partial charge is 0.494 e. The molecular formula is C26H26N2O2. The third kappa shape index (κ3) is 3.54. The summed E-state index contributed by atoms with van der Waals surface area (Å²) >= 11 is 0. The van der Waals surface area contributed by atoms with Gasteiger partial charge < -0.3 is 9.47 Å². The summed E-state index contributed by atoms with van der Waals surface area (Å²) in [5.41, 5.74) is 4.53. The van der Waals surface area contributed by atoms with Gasteiger partial charge in [0.25, 0.3) is 0 Å². The molecule has 5 rings (SSSR count). The van der Waals surface area contributed by atoms with Gasteiger partial charge in [-0.15, -0.1) is 0 Å². The van der Waals surface area contributed by atoms with Crippen LogP contribution in [-0.4, -0.2) is 17.3 Å². The van der Waals surface area contributed by atoms with Crippen molar-refractivity contribution in [1.82, 2.24) is 5.01 Å². The van der Waals surface area contributed by atoms with Crippen LogP contribution < -0.4 is 9.47 Å². The molecule has 0 aromatic heterocycles. The van der Waals surface area contributed by atoms with Crippen LogP contribution in [0.2, 0.25) is 0 Å². The summed E-state index contributed by atoms with van der Waals surface area (Å²) in [6.07, 6.45) is 2.85. The predicted molar refractivity (Wildman–Crippen MR) is 119 cm³/mol. The van der Waals surface area contributed by atoms with Gasteiger partial charge in [0, 0.05) is 17.5 Å². The van der Waals surface area contributed by atoms with Gasteiger partial charge in [-0.05, 0) is 42.3 Å². The molecular weight excluding hydrogens is 372 g/mol. The van der Waals surface area contributed by atoms with Gasteiger partial charge in [0.2, 0.25) is 6.23 Å². The first-order valence-electron chi connectivity index (χ1n) is 10.7. The zero-order chi connectivity index (χ0) is 20.3. The minimum Gasteiger partial charge on any atom is -0.494 e. The maximum atomic E-state index is 6.39. The van der Waals surface area contributed by atoms with Crippen LogP contribution in [0.5, 0.6) is 11.5 Å². The number of para-hydroxylation sites is 1. The lowest BCUT2D eigenvalue weighted by Crippen LogP contribution is -2.33. The van der Waals surface area contributed by atoms with E-state index in [0.29, 0.717) is 0 Å². The van der Waals surface area contributed by atoms with Crippen LogP contribution in [0.25, 0.3) is 0 Å². The summed E-state index contributed by atoms with van der Waals surface area (Å²) in [5.74, 6) is 1.86. The first kappa shape index (κ1) is 18.7. The maximum Gasteiger partial charge on any atom is 0.213 e. The summed E-state index contributed by atoms with van der Waals surface area (Å²) in [5, 5.41) is 7.15. The van der Waals surface area contributed by atoms with E-state index >= 15 is 0 Å². The second kappa shape index (κ2) is 8.23. The highest BCUT2D eigenvalue weighted by molar-refractivity contribution is 6.02. The quantitative estimate of drug-likeness (QED) is 0.470. The second-order valence-electron chi connectivity index (χ2n) is 7.79. The van der Waals surface area contributed by atoms with Gasteiger partial charge in [-0.25, -0.2) is 5.01 Å². The number of fused-ring (bicyclic) bond motifs is 3. The van der Waals surface area contributed by atoms with Crippen LogP contribution in [-0.2, 0) is 0 Å². The Bertz CT molecular complexity index is 1030. The fourth-order valence-electron chi connectivity index (χ4n) is 4.12. The Labute approximate surface area is 177 Å². The minimum atomic E-state index is -0.222. The van der Waals surface area contributed by atoms with Crippen molar-refractivity contribution in [1.29, 1.82) is 0 Å². The summed E-state index contributed by atoms with van der Waals surface area (Å²) in [6.45, 7) is 2.93. The van der Waals surface area contributed by atoms with Crippen LogP contribution in [0.15, 0.2) is 84.0 Å². The topological polar surface area (TPSA) is 34.1 Å². The standard InChI is InChI=1S/C26H26N2O2/c1-2-3-17-29-21-15-13-19(14-16-21)23-18-24-22-11-7-8-12-25(22)30-26(28(24)27-23)20-9-5-4-6-10-20/h4-16,24,26H,2-3,17-18H2,1H3/t24-,26+/m0/s1. The molecule has 2 aliphatic heterocycles. The highest BCUT2D eigenvalue weighted by atomic mass is 16.5. The Hall–Kier alpha value is -3.27. The number of rotatable bonds is 6. The van der Waals surface area contributed by atoms with Crippen molar-refractivity contribution < 1.29 is 9.47 Å². The molecule has 4 nitrogen and oxygen atoms in total. The summed E-state index contributed by atoms with van der Waals surface area (Å²) in [7, 11) is 0. The van der Waals surface area contributed by atoms with Crippen LogP contribution in [0, 0.1) is 0 Å². The molecule has 2 heterocycles. The van der Waals surface area contributed by atoms with Crippen LogP contribution in [0.1, 0.15) is 55.1 Å². The highest BCUT2D eigenvalue weighted by Gasteiger charge is 2.40. The normalized spacial score (nSPS) is 19.5. The van der Waals surface area contributed by atoms with Gasteiger partial charge in [-0.1, -0.05) is 61.9 Å². The smallest absolute Gasteiger partial charge is 0.213 e.